The fourth-order valence-corrected chi connectivity index (χ4v) is 4.98. The van der Waals surface area contributed by atoms with Gasteiger partial charge in [-0.25, -0.2) is 0 Å². The van der Waals surface area contributed by atoms with Crippen LogP contribution in [0.2, 0.25) is 0 Å². The highest BCUT2D eigenvalue weighted by Gasteiger charge is 2.11. The molecule has 0 aromatic rings. The van der Waals surface area contributed by atoms with Crippen LogP contribution in [0, 0.1) is 0 Å². The Morgan fingerprint density at radius 1 is 0.571 bits per heavy atom. The molecular formula is C43H69NO5. The molecule has 0 bridgehead atoms. The first kappa shape index (κ1) is 45.6. The molecule has 0 aromatic carbocycles. The Kier molecular flexibility index (Phi) is 34.8. The van der Waals surface area contributed by atoms with Gasteiger partial charge in [0.1, 0.15) is 12.6 Å². The molecule has 0 rings (SSSR count). The molecule has 1 atom stereocenters. The van der Waals surface area contributed by atoms with Crippen molar-refractivity contribution in [2.75, 3.05) is 6.54 Å². The molecule has 1 unspecified atom stereocenters. The van der Waals surface area contributed by atoms with Gasteiger partial charge < -0.3 is 15.2 Å². The lowest BCUT2D eigenvalue weighted by atomic mass is 10.1. The highest BCUT2D eigenvalue weighted by molar-refractivity contribution is 5.80. The number of nitrogens with one attached hydrogen (secondary N) is 1. The van der Waals surface area contributed by atoms with Crippen LogP contribution in [0.4, 0.5) is 0 Å². The van der Waals surface area contributed by atoms with Gasteiger partial charge in [-0.05, 0) is 83.1 Å². The van der Waals surface area contributed by atoms with Crippen molar-refractivity contribution in [2.45, 2.75) is 161 Å². The van der Waals surface area contributed by atoms with E-state index < -0.39 is 5.97 Å². The maximum Gasteiger partial charge on any atom is 0.322 e. The minimum absolute atomic E-state index is 0.166. The number of allylic oxidation sites excluding steroid dienone is 13. The summed E-state index contributed by atoms with van der Waals surface area (Å²) in [5, 5.41) is 11.1. The molecule has 0 aliphatic rings. The van der Waals surface area contributed by atoms with E-state index in [1.165, 1.54) is 38.5 Å². The molecular weight excluding hydrogens is 610 g/mol. The van der Waals surface area contributed by atoms with Gasteiger partial charge in [0.05, 0.1) is 0 Å². The summed E-state index contributed by atoms with van der Waals surface area (Å²) < 4.78 is 5.85. The van der Waals surface area contributed by atoms with Crippen molar-refractivity contribution in [3.63, 3.8) is 0 Å². The normalized spacial score (nSPS) is 13.0. The van der Waals surface area contributed by atoms with E-state index in [0.29, 0.717) is 19.3 Å². The summed E-state index contributed by atoms with van der Waals surface area (Å²) in [7, 11) is 0. The van der Waals surface area contributed by atoms with Crippen molar-refractivity contribution >= 4 is 17.8 Å². The quantitative estimate of drug-likeness (QED) is 0.0409. The maximum atomic E-state index is 12.6. The van der Waals surface area contributed by atoms with Crippen LogP contribution in [0.25, 0.3) is 0 Å². The van der Waals surface area contributed by atoms with Crippen molar-refractivity contribution in [1.82, 2.24) is 5.32 Å². The van der Waals surface area contributed by atoms with E-state index in [9.17, 15) is 14.4 Å². The number of esters is 1. The number of carboxylic acid groups (broad SMARTS) is 1. The van der Waals surface area contributed by atoms with Gasteiger partial charge in [-0.3, -0.25) is 14.4 Å². The van der Waals surface area contributed by atoms with Crippen LogP contribution in [0.15, 0.2) is 85.1 Å². The van der Waals surface area contributed by atoms with Crippen molar-refractivity contribution in [3.8, 4) is 0 Å². The highest BCUT2D eigenvalue weighted by atomic mass is 16.5. The molecule has 276 valence electrons. The fourth-order valence-electron chi connectivity index (χ4n) is 4.98. The van der Waals surface area contributed by atoms with Gasteiger partial charge >= 0.3 is 11.9 Å². The summed E-state index contributed by atoms with van der Waals surface area (Å²) in [6.45, 7) is 4.05. The number of rotatable bonds is 33. The molecule has 0 heterocycles. The number of carboxylic acids is 1. The van der Waals surface area contributed by atoms with Crippen LogP contribution in [-0.2, 0) is 19.1 Å². The lowest BCUT2D eigenvalue weighted by Crippen LogP contribution is -2.28. The van der Waals surface area contributed by atoms with Gasteiger partial charge in [-0.2, -0.15) is 0 Å². The van der Waals surface area contributed by atoms with E-state index in [1.54, 1.807) is 0 Å². The zero-order chi connectivity index (χ0) is 35.9. The first-order valence-electron chi connectivity index (χ1n) is 19.2. The maximum absolute atomic E-state index is 12.6. The van der Waals surface area contributed by atoms with Gasteiger partial charge in [0, 0.05) is 12.8 Å². The largest absolute Gasteiger partial charge is 0.480 e. The number of ether oxygens (including phenoxy) is 1. The molecule has 0 aromatic heterocycles. The molecule has 6 nitrogen and oxygen atoms in total. The van der Waals surface area contributed by atoms with Crippen LogP contribution in [-0.4, -0.2) is 35.6 Å². The third-order valence-corrected chi connectivity index (χ3v) is 7.80. The van der Waals surface area contributed by atoms with E-state index in [0.717, 1.165) is 83.5 Å². The standard InChI is InChI=1S/C43H69NO5/c1-3-5-7-9-11-13-14-15-16-17-18-19-20-21-22-24-26-28-34-38-43(48)49-40(35-31-27-25-23-12-10-8-6-4-2)36-32-29-30-33-37-41(45)44-39-42(46)47/h5,7,11,13,15-16,18-19,21-22,26,28,31,35,40H,3-4,6,8-10,12,14,17,20,23-25,27,29-30,32-34,36-39H2,1-2H3,(H,44,45)(H,46,47)/b7-5-,13-11-,16-15-,19-18-,22-21-,28-26-,35-31-. The lowest BCUT2D eigenvalue weighted by Gasteiger charge is -2.14. The SMILES string of the molecule is CC/C=C\C/C=C\C/C=C\C/C=C\C/C=C\C/C=C\CCC(=O)OC(/C=C\CCCCCCCCC)CCCCCCC(=O)NCC(=O)O. The molecule has 6 heteroatoms. The fraction of sp³-hybridized carbons (Fsp3) is 0.605. The second-order valence-electron chi connectivity index (χ2n) is 12.4. The Morgan fingerprint density at radius 3 is 1.65 bits per heavy atom. The van der Waals surface area contributed by atoms with Crippen molar-refractivity contribution in [1.29, 1.82) is 0 Å². The number of carbonyl (C=O) groups is 3. The summed E-state index contributed by atoms with van der Waals surface area (Å²) in [6.07, 6.45) is 51.4. The number of aliphatic carboxylic acids is 1. The van der Waals surface area contributed by atoms with Crippen LogP contribution < -0.4 is 5.32 Å². The van der Waals surface area contributed by atoms with Crippen LogP contribution in [0.1, 0.15) is 155 Å². The Hall–Kier alpha value is -3.41. The summed E-state index contributed by atoms with van der Waals surface area (Å²) >= 11 is 0. The number of hydrogen-bond donors (Lipinski definition) is 2. The first-order valence-corrected chi connectivity index (χ1v) is 19.2. The van der Waals surface area contributed by atoms with E-state index in [-0.39, 0.29) is 24.5 Å². The summed E-state index contributed by atoms with van der Waals surface area (Å²) in [4.78, 5) is 34.9. The third kappa shape index (κ3) is 37.3. The monoisotopic (exact) mass is 680 g/mol. The Bertz CT molecular complexity index is 1020. The van der Waals surface area contributed by atoms with Gasteiger partial charge in [-0.15, -0.1) is 0 Å². The van der Waals surface area contributed by atoms with Gasteiger partial charge in [0.25, 0.3) is 0 Å². The summed E-state index contributed by atoms with van der Waals surface area (Å²) in [5.41, 5.74) is 0. The van der Waals surface area contributed by atoms with Crippen molar-refractivity contribution in [3.05, 3.63) is 85.1 Å². The number of carbonyl (C=O) groups excluding carboxylic acids is 2. The molecule has 0 radical (unpaired) electrons. The third-order valence-electron chi connectivity index (χ3n) is 7.80. The van der Waals surface area contributed by atoms with Crippen LogP contribution in [0.5, 0.6) is 0 Å². The van der Waals surface area contributed by atoms with Crippen molar-refractivity contribution < 1.29 is 24.2 Å². The predicted octanol–water partition coefficient (Wildman–Crippen LogP) is 11.6. The highest BCUT2D eigenvalue weighted by Crippen LogP contribution is 2.14. The van der Waals surface area contributed by atoms with Gasteiger partial charge in [-0.1, -0.05) is 144 Å². The van der Waals surface area contributed by atoms with E-state index in [4.69, 9.17) is 9.84 Å². The number of hydrogen-bond acceptors (Lipinski definition) is 4. The molecule has 0 saturated carbocycles. The topological polar surface area (TPSA) is 92.7 Å². The number of amides is 1. The van der Waals surface area contributed by atoms with Crippen LogP contribution in [0.3, 0.4) is 0 Å². The van der Waals surface area contributed by atoms with E-state index in [2.05, 4.69) is 104 Å². The Balaban J connectivity index is 4.33. The molecule has 0 aliphatic heterocycles. The summed E-state index contributed by atoms with van der Waals surface area (Å²) in [5.74, 6) is -1.43. The predicted molar refractivity (Wildman–Crippen MR) is 207 cm³/mol. The molecule has 0 aliphatic carbocycles. The van der Waals surface area contributed by atoms with Gasteiger partial charge in [0.2, 0.25) is 5.91 Å². The average molecular weight is 680 g/mol. The number of unbranched alkanes of at least 4 members (excludes halogenated alkanes) is 10. The first-order chi connectivity index (χ1) is 24.0. The van der Waals surface area contributed by atoms with Crippen LogP contribution >= 0.6 is 0 Å². The molecule has 2 N–H and O–H groups in total. The Morgan fingerprint density at radius 2 is 1.08 bits per heavy atom. The molecule has 0 spiro atoms. The van der Waals surface area contributed by atoms with E-state index in [1.807, 2.05) is 0 Å². The average Bonchev–Trinajstić information content (AvgIpc) is 3.08. The molecule has 0 saturated heterocycles. The molecule has 0 fully saturated rings. The minimum Gasteiger partial charge on any atom is -0.480 e. The van der Waals surface area contributed by atoms with E-state index >= 15 is 0 Å². The zero-order valence-corrected chi connectivity index (χ0v) is 31.0. The van der Waals surface area contributed by atoms with Gasteiger partial charge in [0.15, 0.2) is 0 Å². The second kappa shape index (κ2) is 37.4. The lowest BCUT2D eigenvalue weighted by molar-refractivity contribution is -0.147. The second-order valence-corrected chi connectivity index (χ2v) is 12.4. The molecule has 1 amide bonds. The molecule has 49 heavy (non-hydrogen) atoms. The Labute approximate surface area is 299 Å². The minimum atomic E-state index is -1.04. The summed E-state index contributed by atoms with van der Waals surface area (Å²) in [6, 6.07) is 0. The zero-order valence-electron chi connectivity index (χ0n) is 31.0. The smallest absolute Gasteiger partial charge is 0.322 e. The van der Waals surface area contributed by atoms with Crippen molar-refractivity contribution in [2.24, 2.45) is 0 Å².